The van der Waals surface area contributed by atoms with E-state index in [0.717, 1.165) is 33.4 Å². The Morgan fingerprint density at radius 1 is 1.03 bits per heavy atom. The number of carbonyl (C=O) groups is 3. The molecule has 1 N–H and O–H groups in total. The smallest absolute Gasteiger partial charge is 0.294 e. The molecule has 1 saturated heterocycles. The fourth-order valence-electron chi connectivity index (χ4n) is 3.49. The maximum absolute atomic E-state index is 12.9. The molecule has 0 radical (unpaired) electrons. The topological polar surface area (TPSA) is 75.7 Å². The first-order valence-electron chi connectivity index (χ1n) is 11.1. The number of imide groups is 1. The van der Waals surface area contributed by atoms with Crippen LogP contribution in [-0.2, 0) is 16.2 Å². The van der Waals surface area contributed by atoms with Crippen molar-refractivity contribution in [3.8, 4) is 5.75 Å². The fourth-order valence-corrected chi connectivity index (χ4v) is 5.90. The minimum Gasteiger partial charge on any atom is -0.487 e. The largest absolute Gasteiger partial charge is 0.487 e. The first-order chi connectivity index (χ1) is 17.6. The molecule has 0 saturated carbocycles. The van der Waals surface area contributed by atoms with Crippen molar-refractivity contribution < 1.29 is 19.1 Å². The summed E-state index contributed by atoms with van der Waals surface area (Å²) in [5.74, 6) is -0.358. The van der Waals surface area contributed by atoms with Crippen molar-refractivity contribution in [2.24, 2.45) is 0 Å². The normalized spacial score (nSPS) is 14.4. The van der Waals surface area contributed by atoms with Crippen LogP contribution in [0.2, 0.25) is 5.02 Å². The number of benzene rings is 3. The summed E-state index contributed by atoms with van der Waals surface area (Å²) >= 11 is 13.8. The molecule has 3 aromatic carbocycles. The summed E-state index contributed by atoms with van der Waals surface area (Å²) in [6.45, 7) is 3.91. The van der Waals surface area contributed by atoms with Crippen LogP contribution in [0.15, 0.2) is 68.4 Å². The molecular weight excluding hydrogens is 644 g/mol. The van der Waals surface area contributed by atoms with Gasteiger partial charge in [-0.3, -0.25) is 19.3 Å². The Morgan fingerprint density at radius 3 is 2.35 bits per heavy atom. The highest BCUT2D eigenvalue weighted by Crippen LogP contribution is 2.38. The zero-order valence-corrected chi connectivity index (χ0v) is 24.6. The van der Waals surface area contributed by atoms with Crippen LogP contribution in [0, 0.1) is 13.8 Å². The van der Waals surface area contributed by atoms with Crippen LogP contribution >= 0.6 is 55.2 Å². The van der Waals surface area contributed by atoms with Crippen molar-refractivity contribution in [2.75, 3.05) is 11.9 Å². The second-order valence-electron chi connectivity index (χ2n) is 8.34. The van der Waals surface area contributed by atoms with Gasteiger partial charge in [0.15, 0.2) is 0 Å². The molecule has 0 unspecified atom stereocenters. The first-order valence-corrected chi connectivity index (χ1v) is 13.9. The number of rotatable bonds is 7. The molecule has 0 aliphatic carbocycles. The van der Waals surface area contributed by atoms with Crippen LogP contribution in [0.4, 0.5) is 10.5 Å². The van der Waals surface area contributed by atoms with Gasteiger partial charge in [-0.25, -0.2) is 0 Å². The van der Waals surface area contributed by atoms with Gasteiger partial charge in [-0.2, -0.15) is 0 Å². The third-order valence-corrected chi connectivity index (χ3v) is 7.92. The molecule has 1 heterocycles. The molecule has 190 valence electrons. The number of hydrogen-bond acceptors (Lipinski definition) is 5. The molecule has 1 fully saturated rings. The zero-order valence-electron chi connectivity index (χ0n) is 19.8. The number of thioether (sulfide) groups is 1. The van der Waals surface area contributed by atoms with Crippen molar-refractivity contribution in [1.82, 2.24) is 4.90 Å². The number of aryl methyl sites for hydroxylation is 2. The van der Waals surface area contributed by atoms with Gasteiger partial charge in [0.05, 0.1) is 13.9 Å². The quantitative estimate of drug-likeness (QED) is 0.262. The number of hydrogen-bond donors (Lipinski definition) is 1. The Hall–Kier alpha value is -2.59. The average Bonchev–Trinajstić information content (AvgIpc) is 3.09. The van der Waals surface area contributed by atoms with Crippen LogP contribution in [0.1, 0.15) is 22.3 Å². The van der Waals surface area contributed by atoms with Gasteiger partial charge < -0.3 is 10.1 Å². The van der Waals surface area contributed by atoms with E-state index in [1.807, 2.05) is 38.1 Å². The number of ether oxygens (including phenoxy) is 1. The number of anilines is 1. The van der Waals surface area contributed by atoms with Gasteiger partial charge in [-0.15, -0.1) is 0 Å². The number of carbonyl (C=O) groups excluding carboxylic acids is 3. The summed E-state index contributed by atoms with van der Waals surface area (Å²) in [4.78, 5) is 39.1. The Labute approximate surface area is 240 Å². The summed E-state index contributed by atoms with van der Waals surface area (Å²) < 4.78 is 7.29. The number of halogens is 3. The molecule has 10 heteroatoms. The van der Waals surface area contributed by atoms with E-state index in [0.29, 0.717) is 37.6 Å². The molecule has 6 nitrogen and oxygen atoms in total. The van der Waals surface area contributed by atoms with E-state index in [1.54, 1.807) is 36.4 Å². The van der Waals surface area contributed by atoms with Crippen LogP contribution in [0.5, 0.6) is 5.75 Å². The zero-order chi connectivity index (χ0) is 26.7. The lowest BCUT2D eigenvalue weighted by molar-refractivity contribution is -0.127. The van der Waals surface area contributed by atoms with Gasteiger partial charge in [0.1, 0.15) is 18.9 Å². The van der Waals surface area contributed by atoms with E-state index < -0.39 is 17.1 Å². The molecule has 3 aromatic rings. The Kier molecular flexibility index (Phi) is 8.79. The Bertz CT molecular complexity index is 1400. The van der Waals surface area contributed by atoms with Crippen LogP contribution < -0.4 is 10.1 Å². The standard InChI is InChI=1S/C27H21Br2ClN2O4S/c1-15-3-8-20(9-16(15)2)31-24(33)13-32-26(34)23(37-27(32)35)12-18-10-21(28)25(22(29)11-18)36-14-17-4-6-19(30)7-5-17/h3-12H,13-14H2,1-2H3,(H,31,33)/b23-12+. The number of nitrogens with zero attached hydrogens (tertiary/aromatic N) is 1. The summed E-state index contributed by atoms with van der Waals surface area (Å²) in [5.41, 5.74) is 4.40. The Morgan fingerprint density at radius 2 is 1.70 bits per heavy atom. The highest BCUT2D eigenvalue weighted by atomic mass is 79.9. The van der Waals surface area contributed by atoms with Gasteiger partial charge >= 0.3 is 0 Å². The molecule has 37 heavy (non-hydrogen) atoms. The maximum Gasteiger partial charge on any atom is 0.294 e. The number of amides is 3. The molecular formula is C27H21Br2ClN2O4S. The summed E-state index contributed by atoms with van der Waals surface area (Å²) in [6.07, 6.45) is 1.62. The van der Waals surface area contributed by atoms with E-state index in [1.165, 1.54) is 0 Å². The molecule has 1 aliphatic heterocycles. The van der Waals surface area contributed by atoms with E-state index in [2.05, 4.69) is 37.2 Å². The molecule has 1 aliphatic rings. The van der Waals surface area contributed by atoms with Crippen molar-refractivity contribution >= 4 is 84.0 Å². The van der Waals surface area contributed by atoms with Gasteiger partial charge in [0, 0.05) is 10.7 Å². The molecule has 0 bridgehead atoms. The first kappa shape index (κ1) is 27.4. The molecule has 0 atom stereocenters. The maximum atomic E-state index is 12.9. The highest BCUT2D eigenvalue weighted by Gasteiger charge is 2.36. The predicted octanol–water partition coefficient (Wildman–Crippen LogP) is 7.74. The van der Waals surface area contributed by atoms with Crippen molar-refractivity contribution in [3.05, 3.63) is 95.7 Å². The minimum atomic E-state index is -0.513. The monoisotopic (exact) mass is 662 g/mol. The second-order valence-corrected chi connectivity index (χ2v) is 11.5. The van der Waals surface area contributed by atoms with Gasteiger partial charge in [0.2, 0.25) is 5.91 Å². The predicted molar refractivity (Wildman–Crippen MR) is 155 cm³/mol. The molecule has 4 rings (SSSR count). The van der Waals surface area contributed by atoms with E-state index in [9.17, 15) is 14.4 Å². The molecule has 0 aromatic heterocycles. The fraction of sp³-hybridized carbons (Fsp3) is 0.148. The molecule has 0 spiro atoms. The highest BCUT2D eigenvalue weighted by molar-refractivity contribution is 9.11. The van der Waals surface area contributed by atoms with Crippen LogP contribution in [0.25, 0.3) is 6.08 Å². The molecule has 3 amide bonds. The lowest BCUT2D eigenvalue weighted by Gasteiger charge is -2.13. The Balaban J connectivity index is 1.43. The van der Waals surface area contributed by atoms with Gasteiger partial charge in [-0.1, -0.05) is 29.8 Å². The summed E-state index contributed by atoms with van der Waals surface area (Å²) in [6, 6.07) is 16.5. The summed E-state index contributed by atoms with van der Waals surface area (Å²) in [5, 5.41) is 2.90. The minimum absolute atomic E-state index is 0.234. The van der Waals surface area contributed by atoms with E-state index in [4.69, 9.17) is 16.3 Å². The lowest BCUT2D eigenvalue weighted by atomic mass is 10.1. The van der Waals surface area contributed by atoms with Crippen LogP contribution in [0.3, 0.4) is 0 Å². The summed E-state index contributed by atoms with van der Waals surface area (Å²) in [7, 11) is 0. The van der Waals surface area contributed by atoms with Crippen molar-refractivity contribution in [1.29, 1.82) is 0 Å². The second kappa shape index (κ2) is 11.9. The SMILES string of the molecule is Cc1ccc(NC(=O)CN2C(=O)S/C(=C/c3cc(Br)c(OCc4ccc(Cl)cc4)c(Br)c3)C2=O)cc1C. The van der Waals surface area contributed by atoms with Gasteiger partial charge in [-0.05, 0) is 122 Å². The van der Waals surface area contributed by atoms with E-state index in [-0.39, 0.29) is 11.4 Å². The van der Waals surface area contributed by atoms with Gasteiger partial charge in [0.25, 0.3) is 11.1 Å². The van der Waals surface area contributed by atoms with Crippen molar-refractivity contribution in [3.63, 3.8) is 0 Å². The number of nitrogens with one attached hydrogen (secondary N) is 1. The van der Waals surface area contributed by atoms with Crippen LogP contribution in [-0.4, -0.2) is 28.5 Å². The lowest BCUT2D eigenvalue weighted by Crippen LogP contribution is -2.36. The van der Waals surface area contributed by atoms with Crippen molar-refractivity contribution in [2.45, 2.75) is 20.5 Å². The van der Waals surface area contributed by atoms with E-state index >= 15 is 0 Å². The average molecular weight is 665 g/mol. The third-order valence-electron chi connectivity index (χ3n) is 5.58. The third kappa shape index (κ3) is 6.84.